The Labute approximate surface area is 148 Å². The van der Waals surface area contributed by atoms with Gasteiger partial charge >= 0.3 is 0 Å². The van der Waals surface area contributed by atoms with Gasteiger partial charge in [0.05, 0.1) is 16.4 Å². The normalized spacial score (nSPS) is 12.1. The number of aldehydes is 1. The number of carbonyl (C=O) groups excluding carboxylic acids is 1. The maximum absolute atomic E-state index is 11.8. The first-order chi connectivity index (χ1) is 10.7. The number of hydrogen-bond acceptors (Lipinski definition) is 3. The number of benzene rings is 1. The van der Waals surface area contributed by atoms with Crippen LogP contribution in [0.25, 0.3) is 16.2 Å². The summed E-state index contributed by atoms with van der Waals surface area (Å²) in [5, 5.41) is 1.14. The molecule has 0 unspecified atom stereocenters. The average molecular weight is 367 g/mol. The second-order valence-corrected chi connectivity index (χ2v) is 8.49. The zero-order chi connectivity index (χ0) is 16.9. The predicted octanol–water partition coefficient (Wildman–Crippen LogP) is 5.79. The van der Waals surface area contributed by atoms with Crippen molar-refractivity contribution in [2.45, 2.75) is 33.1 Å². The Morgan fingerprint density at radius 1 is 1.26 bits per heavy atom. The van der Waals surface area contributed by atoms with E-state index in [9.17, 15) is 4.79 Å². The highest BCUT2D eigenvalue weighted by Crippen LogP contribution is 2.39. The molecule has 0 aliphatic rings. The molecule has 0 radical (unpaired) electrons. The van der Waals surface area contributed by atoms with Crippen LogP contribution in [0.2, 0.25) is 10.0 Å². The van der Waals surface area contributed by atoms with Gasteiger partial charge in [0.1, 0.15) is 5.69 Å². The van der Waals surface area contributed by atoms with E-state index in [0.29, 0.717) is 15.7 Å². The molecule has 0 saturated carbocycles. The summed E-state index contributed by atoms with van der Waals surface area (Å²) in [6, 6.07) is 5.39. The number of carbonyl (C=O) groups is 1. The van der Waals surface area contributed by atoms with Crippen LogP contribution in [0.4, 0.5) is 0 Å². The molecule has 6 heteroatoms. The van der Waals surface area contributed by atoms with Crippen molar-refractivity contribution in [1.29, 1.82) is 0 Å². The van der Waals surface area contributed by atoms with Crippen LogP contribution in [0.1, 0.15) is 41.8 Å². The summed E-state index contributed by atoms with van der Waals surface area (Å²) in [6.45, 7) is 8.15. The largest absolute Gasteiger partial charge is 0.296 e. The number of aryl methyl sites for hydroxylation is 1. The van der Waals surface area contributed by atoms with Crippen molar-refractivity contribution >= 4 is 45.8 Å². The van der Waals surface area contributed by atoms with Crippen LogP contribution in [0.5, 0.6) is 0 Å². The number of halogens is 2. The van der Waals surface area contributed by atoms with Crippen molar-refractivity contribution in [2.75, 3.05) is 0 Å². The SMILES string of the molecule is Cc1sc2nc(C(C)(C)C)c(C=O)n2c1-c1ccc(Cl)cc1Cl. The van der Waals surface area contributed by atoms with Crippen LogP contribution in [0.15, 0.2) is 18.2 Å². The molecule has 0 aliphatic carbocycles. The fraction of sp³-hybridized carbons (Fsp3) is 0.294. The molecule has 3 nitrogen and oxygen atoms in total. The van der Waals surface area contributed by atoms with Gasteiger partial charge in [0.2, 0.25) is 0 Å². The molecule has 0 N–H and O–H groups in total. The predicted molar refractivity (Wildman–Crippen MR) is 97.3 cm³/mol. The van der Waals surface area contributed by atoms with Crippen molar-refractivity contribution in [3.8, 4) is 11.3 Å². The Kier molecular flexibility index (Phi) is 4.03. The van der Waals surface area contributed by atoms with E-state index in [1.54, 1.807) is 23.5 Å². The molecule has 2 heterocycles. The van der Waals surface area contributed by atoms with Gasteiger partial charge in [-0.1, -0.05) is 44.0 Å². The number of nitrogens with zero attached hydrogens (tertiary/aromatic N) is 2. The summed E-state index contributed by atoms with van der Waals surface area (Å²) >= 11 is 13.9. The third-order valence-corrected chi connectivity index (χ3v) is 5.20. The van der Waals surface area contributed by atoms with Crippen LogP contribution in [0.3, 0.4) is 0 Å². The van der Waals surface area contributed by atoms with Crippen molar-refractivity contribution < 1.29 is 4.79 Å². The maximum Gasteiger partial charge on any atom is 0.195 e. The van der Waals surface area contributed by atoms with Crippen LogP contribution >= 0.6 is 34.5 Å². The highest BCUT2D eigenvalue weighted by atomic mass is 35.5. The van der Waals surface area contributed by atoms with E-state index in [0.717, 1.165) is 33.1 Å². The number of rotatable bonds is 2. The first-order valence-electron chi connectivity index (χ1n) is 7.17. The molecule has 120 valence electrons. The number of imidazole rings is 1. The molecular weight excluding hydrogens is 351 g/mol. The third kappa shape index (κ3) is 2.69. The first-order valence-corrected chi connectivity index (χ1v) is 8.74. The molecule has 0 fully saturated rings. The van der Waals surface area contributed by atoms with Crippen molar-refractivity contribution in [2.24, 2.45) is 0 Å². The Bertz CT molecular complexity index is 919. The van der Waals surface area contributed by atoms with Crippen molar-refractivity contribution in [3.63, 3.8) is 0 Å². The Morgan fingerprint density at radius 3 is 2.52 bits per heavy atom. The Balaban J connectivity index is 2.39. The third-order valence-electron chi connectivity index (χ3n) is 3.69. The smallest absolute Gasteiger partial charge is 0.195 e. The molecule has 23 heavy (non-hydrogen) atoms. The van der Waals surface area contributed by atoms with Gasteiger partial charge in [-0.25, -0.2) is 4.98 Å². The van der Waals surface area contributed by atoms with Crippen LogP contribution < -0.4 is 0 Å². The van der Waals surface area contributed by atoms with Gasteiger partial charge in [-0.3, -0.25) is 9.20 Å². The molecular formula is C17H16Cl2N2OS. The van der Waals surface area contributed by atoms with Gasteiger partial charge in [-0.2, -0.15) is 0 Å². The number of fused-ring (bicyclic) bond motifs is 1. The van der Waals surface area contributed by atoms with Gasteiger partial charge < -0.3 is 0 Å². The summed E-state index contributed by atoms with van der Waals surface area (Å²) in [7, 11) is 0. The minimum Gasteiger partial charge on any atom is -0.296 e. The zero-order valence-electron chi connectivity index (χ0n) is 13.3. The number of thiazole rings is 1. The van der Waals surface area contributed by atoms with Crippen LogP contribution in [0, 0.1) is 6.92 Å². The molecule has 0 atom stereocenters. The summed E-state index contributed by atoms with van der Waals surface area (Å²) in [5.74, 6) is 0. The molecule has 3 rings (SSSR count). The summed E-state index contributed by atoms with van der Waals surface area (Å²) in [6.07, 6.45) is 0.875. The minimum absolute atomic E-state index is 0.211. The lowest BCUT2D eigenvalue weighted by Crippen LogP contribution is -2.15. The van der Waals surface area contributed by atoms with E-state index >= 15 is 0 Å². The monoisotopic (exact) mass is 366 g/mol. The lowest BCUT2D eigenvalue weighted by atomic mass is 9.91. The van der Waals surface area contributed by atoms with Crippen LogP contribution in [-0.4, -0.2) is 15.7 Å². The van der Waals surface area contributed by atoms with E-state index in [-0.39, 0.29) is 5.41 Å². The number of aromatic nitrogens is 2. The molecule has 0 saturated heterocycles. The zero-order valence-corrected chi connectivity index (χ0v) is 15.6. The van der Waals surface area contributed by atoms with E-state index in [4.69, 9.17) is 28.2 Å². The second-order valence-electron chi connectivity index (χ2n) is 6.46. The standard InChI is InChI=1S/C17H16Cl2N2OS/c1-9-14(11-6-5-10(18)7-12(11)19)21-13(8-22)15(17(2,3)4)20-16(21)23-9/h5-8H,1-4H3. The molecule has 0 spiro atoms. The second kappa shape index (κ2) is 5.62. The highest BCUT2D eigenvalue weighted by Gasteiger charge is 2.27. The summed E-state index contributed by atoms with van der Waals surface area (Å²) in [4.78, 5) is 18.3. The van der Waals surface area contributed by atoms with Gasteiger partial charge in [0, 0.05) is 20.9 Å². The molecule has 0 aliphatic heterocycles. The van der Waals surface area contributed by atoms with E-state index in [1.165, 1.54) is 0 Å². The van der Waals surface area contributed by atoms with Gasteiger partial charge in [0.25, 0.3) is 0 Å². The molecule has 2 aromatic heterocycles. The average Bonchev–Trinajstić information content (AvgIpc) is 2.94. The number of hydrogen-bond donors (Lipinski definition) is 0. The molecule has 3 aromatic rings. The molecule has 0 amide bonds. The van der Waals surface area contributed by atoms with Gasteiger partial charge in [-0.15, -0.1) is 11.3 Å². The minimum atomic E-state index is -0.211. The van der Waals surface area contributed by atoms with E-state index in [2.05, 4.69) is 0 Å². The topological polar surface area (TPSA) is 34.4 Å². The van der Waals surface area contributed by atoms with E-state index in [1.807, 2.05) is 38.2 Å². The quantitative estimate of drug-likeness (QED) is 0.538. The fourth-order valence-electron chi connectivity index (χ4n) is 2.69. The maximum atomic E-state index is 11.8. The molecule has 1 aromatic carbocycles. The van der Waals surface area contributed by atoms with Crippen molar-refractivity contribution in [1.82, 2.24) is 9.38 Å². The van der Waals surface area contributed by atoms with Crippen molar-refractivity contribution in [3.05, 3.63) is 44.5 Å². The summed E-state index contributed by atoms with van der Waals surface area (Å²) < 4.78 is 1.91. The summed E-state index contributed by atoms with van der Waals surface area (Å²) in [5.41, 5.74) is 2.91. The Morgan fingerprint density at radius 2 is 1.96 bits per heavy atom. The lowest BCUT2D eigenvalue weighted by Gasteiger charge is -2.16. The Hall–Kier alpha value is -1.36. The molecule has 0 bridgehead atoms. The lowest BCUT2D eigenvalue weighted by molar-refractivity contribution is 0.111. The highest BCUT2D eigenvalue weighted by molar-refractivity contribution is 7.17. The van der Waals surface area contributed by atoms with E-state index < -0.39 is 0 Å². The van der Waals surface area contributed by atoms with Gasteiger partial charge in [0.15, 0.2) is 11.2 Å². The van der Waals surface area contributed by atoms with Crippen LogP contribution in [-0.2, 0) is 5.41 Å². The van der Waals surface area contributed by atoms with Gasteiger partial charge in [-0.05, 0) is 25.1 Å². The first kappa shape index (κ1) is 16.5. The fourth-order valence-corrected chi connectivity index (χ4v) is 4.18.